The molecular formula is C24H25IN4O2. The Morgan fingerprint density at radius 2 is 2.06 bits per heavy atom. The summed E-state index contributed by atoms with van der Waals surface area (Å²) in [4.78, 5) is 22.5. The molecule has 0 bridgehead atoms. The fraction of sp³-hybridized carbons (Fsp3) is 0.458. The molecule has 2 saturated heterocycles. The van der Waals surface area contributed by atoms with Crippen molar-refractivity contribution in [3.63, 3.8) is 0 Å². The van der Waals surface area contributed by atoms with Gasteiger partial charge >= 0.3 is 183 Å². The number of nitrogens with zero attached hydrogens (tertiary/aromatic N) is 3. The first-order valence-electron chi connectivity index (χ1n) is 11.1. The van der Waals surface area contributed by atoms with Gasteiger partial charge in [-0.1, -0.05) is 0 Å². The molecule has 4 atom stereocenters. The molecule has 7 heteroatoms. The summed E-state index contributed by atoms with van der Waals surface area (Å²) in [5, 5.41) is 13.3. The van der Waals surface area contributed by atoms with Gasteiger partial charge in [-0.15, -0.1) is 0 Å². The standard InChI is InChI=1S/C24H25IN4O2/c30-24(31)20-2-1-9-29(20)19-6-5-15(10-18(19)17-12-26-13-17)16-7-8-27-21(11-16)28-23-22(25-23)14-3-4-14/h5-8,10-11,14,17,20,22-23H,1-4,9,12H2,(H,27,28)(H,30,31)/t17?,20-,22?,23?/m0/s1. The van der Waals surface area contributed by atoms with Crippen LogP contribution < -0.4 is 31.4 Å². The normalized spacial score (nSPS) is 28.7. The molecule has 2 aromatic rings. The summed E-state index contributed by atoms with van der Waals surface area (Å²) in [6.45, 7) is 1.50. The molecule has 1 saturated carbocycles. The zero-order chi connectivity index (χ0) is 20.9. The molecule has 160 valence electrons. The van der Waals surface area contributed by atoms with Gasteiger partial charge in [-0.3, -0.25) is 0 Å². The topological polar surface area (TPSA) is 69.8 Å². The molecule has 0 radical (unpaired) electrons. The van der Waals surface area contributed by atoms with Crippen molar-refractivity contribution in [1.82, 2.24) is 4.98 Å². The molecule has 3 fully saturated rings. The molecule has 6 rings (SSSR count). The van der Waals surface area contributed by atoms with E-state index in [9.17, 15) is 9.90 Å². The number of carboxylic acid groups (broad SMARTS) is 1. The molecular weight excluding hydrogens is 503 g/mol. The summed E-state index contributed by atoms with van der Waals surface area (Å²) in [5.74, 6) is 1.36. The van der Waals surface area contributed by atoms with Gasteiger partial charge in [0.15, 0.2) is 0 Å². The van der Waals surface area contributed by atoms with Gasteiger partial charge in [-0.2, -0.15) is 0 Å². The van der Waals surface area contributed by atoms with Crippen LogP contribution in [0.3, 0.4) is 0 Å². The quantitative estimate of drug-likeness (QED) is 0.317. The van der Waals surface area contributed by atoms with Crippen LogP contribution in [0.5, 0.6) is 0 Å². The first-order valence-corrected chi connectivity index (χ1v) is 13.6. The second-order valence-corrected chi connectivity index (χ2v) is 12.4. The number of benzene rings is 1. The molecule has 0 amide bonds. The van der Waals surface area contributed by atoms with Gasteiger partial charge in [0.1, 0.15) is 0 Å². The number of halogens is 1. The van der Waals surface area contributed by atoms with Gasteiger partial charge < -0.3 is 5.11 Å². The molecule has 4 aliphatic rings. The predicted molar refractivity (Wildman–Crippen MR) is 116 cm³/mol. The summed E-state index contributed by atoms with van der Waals surface area (Å²) >= 11 is 0.287. The van der Waals surface area contributed by atoms with E-state index >= 15 is 0 Å². The fourth-order valence-electron chi connectivity index (χ4n) is 4.75. The number of alkyl halides is 2. The molecule has 6 nitrogen and oxygen atoms in total. The van der Waals surface area contributed by atoms with Crippen molar-refractivity contribution in [2.75, 3.05) is 23.3 Å². The Bertz CT molecular complexity index is 1110. The van der Waals surface area contributed by atoms with Gasteiger partial charge in [-0.05, 0) is 0 Å². The molecule has 3 unspecified atom stereocenters. The third-order valence-corrected chi connectivity index (χ3v) is 10.3. The summed E-state index contributed by atoms with van der Waals surface area (Å²) in [6, 6.07) is 13.3. The minimum atomic E-state index is -0.740. The average molecular weight is 528 g/mol. The number of aromatic nitrogens is 1. The van der Waals surface area contributed by atoms with Gasteiger partial charge in [-0.25, -0.2) is 4.79 Å². The van der Waals surface area contributed by atoms with Crippen LogP contribution in [-0.2, 0) is 4.79 Å². The van der Waals surface area contributed by atoms with E-state index in [1.807, 2.05) is 6.20 Å². The van der Waals surface area contributed by atoms with E-state index < -0.39 is 12.0 Å². The van der Waals surface area contributed by atoms with E-state index in [4.69, 9.17) is 0 Å². The van der Waals surface area contributed by atoms with E-state index in [-0.39, 0.29) is 27.1 Å². The maximum atomic E-state index is 11.8. The number of anilines is 2. The Labute approximate surface area is 192 Å². The van der Waals surface area contributed by atoms with Crippen LogP contribution in [0.2, 0.25) is 0 Å². The number of aliphatic carboxylic acids is 1. The number of hydrogen-bond acceptors (Lipinski definition) is 4. The second kappa shape index (κ2) is 7.66. The van der Waals surface area contributed by atoms with Crippen molar-refractivity contribution >= 4 is 17.5 Å². The Morgan fingerprint density at radius 1 is 1.23 bits per heavy atom. The zero-order valence-electron chi connectivity index (χ0n) is 17.2. The van der Waals surface area contributed by atoms with Gasteiger partial charge in [0.2, 0.25) is 0 Å². The van der Waals surface area contributed by atoms with Crippen molar-refractivity contribution in [2.24, 2.45) is 5.92 Å². The zero-order valence-corrected chi connectivity index (χ0v) is 19.3. The van der Waals surface area contributed by atoms with Crippen molar-refractivity contribution < 1.29 is 31.1 Å². The third kappa shape index (κ3) is 3.75. The predicted octanol–water partition coefficient (Wildman–Crippen LogP) is 0.851. The summed E-state index contributed by atoms with van der Waals surface area (Å²) < 4.78 is 1.64. The number of rotatable bonds is 7. The SMILES string of the molecule is O=C(O)[C@@H]1CCCN1c1ccc(-c2ccnc(NC3[I-]C3C3CC3)c2)cc1C1C#[N+]C1. The van der Waals surface area contributed by atoms with Crippen molar-refractivity contribution in [1.29, 1.82) is 0 Å². The fourth-order valence-corrected chi connectivity index (χ4v) is 7.98. The van der Waals surface area contributed by atoms with Gasteiger partial charge in [0, 0.05) is 0 Å². The first-order chi connectivity index (χ1) is 15.2. The molecule has 1 aromatic carbocycles. The molecule has 3 aliphatic heterocycles. The Balaban J connectivity index is 1.29. The third-order valence-electron chi connectivity index (χ3n) is 6.72. The number of nitrogens with one attached hydrogen (secondary N) is 1. The number of hydrogen-bond donors (Lipinski definition) is 2. The van der Waals surface area contributed by atoms with E-state index in [1.165, 1.54) is 12.8 Å². The monoisotopic (exact) mass is 528 g/mol. The molecule has 2 N–H and O–H groups in total. The molecule has 1 aromatic heterocycles. The number of pyridine rings is 1. The van der Waals surface area contributed by atoms with Crippen molar-refractivity contribution in [2.45, 2.75) is 45.6 Å². The number of carboxylic acids is 1. The van der Waals surface area contributed by atoms with Crippen LogP contribution in [0.15, 0.2) is 36.5 Å². The maximum absolute atomic E-state index is 11.8. The molecule has 4 heterocycles. The molecule has 1 aliphatic carbocycles. The summed E-state index contributed by atoms with van der Waals surface area (Å²) in [6.07, 6.45) is 6.34. The molecule has 0 spiro atoms. The van der Waals surface area contributed by atoms with Crippen LogP contribution in [0.1, 0.15) is 37.2 Å². The van der Waals surface area contributed by atoms with Crippen LogP contribution in [0.25, 0.3) is 16.0 Å². The van der Waals surface area contributed by atoms with Crippen molar-refractivity contribution in [3.05, 3.63) is 46.9 Å². The second-order valence-electron chi connectivity index (χ2n) is 8.87. The van der Waals surface area contributed by atoms with Gasteiger partial charge in [0.05, 0.1) is 0 Å². The Kier molecular flexibility index (Phi) is 4.78. The van der Waals surface area contributed by atoms with Crippen LogP contribution in [0, 0.1) is 12.0 Å². The van der Waals surface area contributed by atoms with Gasteiger partial charge in [0.25, 0.3) is 0 Å². The summed E-state index contributed by atoms with van der Waals surface area (Å²) in [5.41, 5.74) is 4.42. The van der Waals surface area contributed by atoms with Crippen LogP contribution >= 0.6 is 0 Å². The first kappa shape index (κ1) is 19.4. The van der Waals surface area contributed by atoms with E-state index in [1.54, 1.807) is 0 Å². The van der Waals surface area contributed by atoms with Crippen LogP contribution in [-0.4, -0.2) is 43.2 Å². The number of carbonyl (C=O) groups is 1. The minimum absolute atomic E-state index is 0.139. The van der Waals surface area contributed by atoms with E-state index in [2.05, 4.69) is 56.4 Å². The van der Waals surface area contributed by atoms with E-state index in [0.717, 1.165) is 57.5 Å². The average Bonchev–Trinajstić information content (AvgIpc) is 3.64. The Hall–Kier alpha value is -2.34. The molecule has 31 heavy (non-hydrogen) atoms. The summed E-state index contributed by atoms with van der Waals surface area (Å²) in [7, 11) is 0. The Morgan fingerprint density at radius 3 is 2.81 bits per heavy atom. The van der Waals surface area contributed by atoms with Crippen LogP contribution in [0.4, 0.5) is 11.5 Å². The van der Waals surface area contributed by atoms with Crippen molar-refractivity contribution in [3.8, 4) is 17.2 Å². The van der Waals surface area contributed by atoms with E-state index in [0.29, 0.717) is 10.5 Å².